The quantitative estimate of drug-likeness (QED) is 0.634. The summed E-state index contributed by atoms with van der Waals surface area (Å²) in [6, 6.07) is 0.464. The van der Waals surface area contributed by atoms with Gasteiger partial charge in [0.05, 0.1) is 19.8 Å². The summed E-state index contributed by atoms with van der Waals surface area (Å²) >= 11 is 0. The standard InChI is InChI=1S/C13H23N3O3/c1-14-11(10-3-4-10)9-13-15-12(16-19-13)5-6-18-8-7-17-2/h10-11,14H,3-9H2,1-2H3. The average molecular weight is 269 g/mol. The smallest absolute Gasteiger partial charge is 0.228 e. The minimum atomic E-state index is 0.464. The van der Waals surface area contributed by atoms with Crippen molar-refractivity contribution in [2.75, 3.05) is 34.0 Å². The second-order valence-corrected chi connectivity index (χ2v) is 4.90. The molecule has 2 rings (SSSR count). The summed E-state index contributed by atoms with van der Waals surface area (Å²) < 4.78 is 15.6. The Bertz CT molecular complexity index is 366. The van der Waals surface area contributed by atoms with Crippen LogP contribution in [0.15, 0.2) is 4.52 Å². The zero-order valence-electron chi connectivity index (χ0n) is 11.7. The third-order valence-electron chi connectivity index (χ3n) is 3.37. The number of likely N-dealkylation sites (N-methyl/N-ethyl adjacent to an activating group) is 1. The summed E-state index contributed by atoms with van der Waals surface area (Å²) in [5.74, 6) is 2.22. The predicted molar refractivity (Wildman–Crippen MR) is 70.0 cm³/mol. The highest BCUT2D eigenvalue weighted by Crippen LogP contribution is 2.33. The van der Waals surface area contributed by atoms with Crippen molar-refractivity contribution in [3.63, 3.8) is 0 Å². The van der Waals surface area contributed by atoms with Gasteiger partial charge < -0.3 is 19.3 Å². The Morgan fingerprint density at radius 2 is 2.21 bits per heavy atom. The predicted octanol–water partition coefficient (Wildman–Crippen LogP) is 0.816. The second kappa shape index (κ2) is 7.57. The van der Waals surface area contributed by atoms with Gasteiger partial charge in [-0.2, -0.15) is 4.98 Å². The Morgan fingerprint density at radius 1 is 1.37 bits per heavy atom. The third-order valence-corrected chi connectivity index (χ3v) is 3.37. The highest BCUT2D eigenvalue weighted by Gasteiger charge is 2.31. The van der Waals surface area contributed by atoms with E-state index in [0.29, 0.717) is 32.3 Å². The Kier molecular flexibility index (Phi) is 5.75. The van der Waals surface area contributed by atoms with Gasteiger partial charge in [0.1, 0.15) is 0 Å². The fraction of sp³-hybridized carbons (Fsp3) is 0.846. The topological polar surface area (TPSA) is 69.4 Å². The van der Waals surface area contributed by atoms with E-state index in [1.54, 1.807) is 7.11 Å². The lowest BCUT2D eigenvalue weighted by atomic mass is 10.1. The largest absolute Gasteiger partial charge is 0.382 e. The number of nitrogens with one attached hydrogen (secondary N) is 1. The van der Waals surface area contributed by atoms with Crippen LogP contribution in [-0.4, -0.2) is 50.2 Å². The van der Waals surface area contributed by atoms with Crippen molar-refractivity contribution < 1.29 is 14.0 Å². The van der Waals surface area contributed by atoms with Crippen LogP contribution in [0.3, 0.4) is 0 Å². The highest BCUT2D eigenvalue weighted by atomic mass is 16.5. The van der Waals surface area contributed by atoms with E-state index in [9.17, 15) is 0 Å². The van der Waals surface area contributed by atoms with Gasteiger partial charge in [0, 0.05) is 26.0 Å². The van der Waals surface area contributed by atoms with Crippen molar-refractivity contribution in [1.29, 1.82) is 0 Å². The van der Waals surface area contributed by atoms with Gasteiger partial charge >= 0.3 is 0 Å². The molecule has 0 amide bonds. The Balaban J connectivity index is 1.69. The normalized spacial score (nSPS) is 16.7. The van der Waals surface area contributed by atoms with Gasteiger partial charge in [-0.25, -0.2) is 0 Å². The first kappa shape index (κ1) is 14.4. The molecule has 1 atom stereocenters. The van der Waals surface area contributed by atoms with Gasteiger partial charge in [-0.05, 0) is 25.8 Å². The molecule has 0 radical (unpaired) electrons. The van der Waals surface area contributed by atoms with Crippen LogP contribution in [0.25, 0.3) is 0 Å². The summed E-state index contributed by atoms with van der Waals surface area (Å²) in [4.78, 5) is 4.40. The van der Waals surface area contributed by atoms with Gasteiger partial charge in [-0.15, -0.1) is 0 Å². The van der Waals surface area contributed by atoms with Crippen molar-refractivity contribution in [2.24, 2.45) is 5.92 Å². The molecule has 1 aliphatic rings. The van der Waals surface area contributed by atoms with E-state index in [1.807, 2.05) is 7.05 Å². The number of nitrogens with zero attached hydrogens (tertiary/aromatic N) is 2. The first-order chi connectivity index (χ1) is 9.33. The third kappa shape index (κ3) is 4.89. The molecule has 0 aromatic carbocycles. The number of methoxy groups -OCH3 is 1. The van der Waals surface area contributed by atoms with E-state index in [0.717, 1.165) is 24.1 Å². The lowest BCUT2D eigenvalue weighted by Crippen LogP contribution is -2.29. The van der Waals surface area contributed by atoms with E-state index in [4.69, 9.17) is 14.0 Å². The Labute approximate surface area is 113 Å². The molecule has 1 fully saturated rings. The van der Waals surface area contributed by atoms with Crippen LogP contribution in [0.1, 0.15) is 24.6 Å². The van der Waals surface area contributed by atoms with Crippen LogP contribution < -0.4 is 5.32 Å². The minimum Gasteiger partial charge on any atom is -0.382 e. The molecular weight excluding hydrogens is 246 g/mol. The summed E-state index contributed by atoms with van der Waals surface area (Å²) in [6.45, 7) is 1.81. The first-order valence-electron chi connectivity index (χ1n) is 6.89. The first-order valence-corrected chi connectivity index (χ1v) is 6.89. The summed E-state index contributed by atoms with van der Waals surface area (Å²) in [5.41, 5.74) is 0. The zero-order chi connectivity index (χ0) is 13.5. The maximum atomic E-state index is 5.38. The molecule has 0 aliphatic heterocycles. The van der Waals surface area contributed by atoms with Crippen LogP contribution in [-0.2, 0) is 22.3 Å². The SMILES string of the molecule is CNC(Cc1nc(CCOCCOC)no1)C1CC1. The number of hydrogen-bond acceptors (Lipinski definition) is 6. The van der Waals surface area contributed by atoms with Crippen LogP contribution >= 0.6 is 0 Å². The maximum Gasteiger partial charge on any atom is 0.228 e. The summed E-state index contributed by atoms with van der Waals surface area (Å²) in [7, 11) is 3.65. The van der Waals surface area contributed by atoms with Crippen molar-refractivity contribution in [3.05, 3.63) is 11.7 Å². The number of hydrogen-bond donors (Lipinski definition) is 1. The molecule has 1 N–H and O–H groups in total. The Morgan fingerprint density at radius 3 is 2.89 bits per heavy atom. The fourth-order valence-corrected chi connectivity index (χ4v) is 2.07. The Hall–Kier alpha value is -0.980. The van der Waals surface area contributed by atoms with Gasteiger partial charge in [0.2, 0.25) is 5.89 Å². The lowest BCUT2D eigenvalue weighted by molar-refractivity contribution is 0.0714. The molecule has 6 nitrogen and oxygen atoms in total. The molecule has 0 spiro atoms. The molecule has 0 saturated heterocycles. The van der Waals surface area contributed by atoms with Crippen LogP contribution in [0.5, 0.6) is 0 Å². The molecule has 1 heterocycles. The van der Waals surface area contributed by atoms with Crippen molar-refractivity contribution in [2.45, 2.75) is 31.7 Å². The average Bonchev–Trinajstić information content (AvgIpc) is 3.17. The van der Waals surface area contributed by atoms with Gasteiger partial charge in [0.15, 0.2) is 5.82 Å². The summed E-state index contributed by atoms with van der Waals surface area (Å²) in [5, 5.41) is 7.30. The second-order valence-electron chi connectivity index (χ2n) is 4.90. The van der Waals surface area contributed by atoms with Gasteiger partial charge in [-0.1, -0.05) is 5.16 Å². The molecule has 19 heavy (non-hydrogen) atoms. The number of aromatic nitrogens is 2. The van der Waals surface area contributed by atoms with Crippen molar-refractivity contribution in [3.8, 4) is 0 Å². The molecule has 1 aromatic heterocycles. The van der Waals surface area contributed by atoms with E-state index in [-0.39, 0.29) is 0 Å². The molecule has 1 unspecified atom stereocenters. The molecular formula is C13H23N3O3. The summed E-state index contributed by atoms with van der Waals surface area (Å²) in [6.07, 6.45) is 4.11. The fourth-order valence-electron chi connectivity index (χ4n) is 2.07. The van der Waals surface area contributed by atoms with E-state index in [2.05, 4.69) is 15.5 Å². The molecule has 1 saturated carbocycles. The number of rotatable bonds is 10. The van der Waals surface area contributed by atoms with Crippen molar-refractivity contribution >= 4 is 0 Å². The van der Waals surface area contributed by atoms with Crippen LogP contribution in [0.2, 0.25) is 0 Å². The molecule has 1 aromatic rings. The monoisotopic (exact) mass is 269 g/mol. The molecule has 108 valence electrons. The zero-order valence-corrected chi connectivity index (χ0v) is 11.7. The van der Waals surface area contributed by atoms with Crippen molar-refractivity contribution in [1.82, 2.24) is 15.5 Å². The molecule has 0 bridgehead atoms. The van der Waals surface area contributed by atoms with E-state index in [1.165, 1.54) is 12.8 Å². The maximum absolute atomic E-state index is 5.38. The van der Waals surface area contributed by atoms with Gasteiger partial charge in [0.25, 0.3) is 0 Å². The van der Waals surface area contributed by atoms with E-state index < -0.39 is 0 Å². The van der Waals surface area contributed by atoms with Crippen LogP contribution in [0.4, 0.5) is 0 Å². The highest BCUT2D eigenvalue weighted by molar-refractivity contribution is 4.94. The molecule has 6 heteroatoms. The minimum absolute atomic E-state index is 0.464. The number of ether oxygens (including phenoxy) is 2. The van der Waals surface area contributed by atoms with E-state index >= 15 is 0 Å². The lowest BCUT2D eigenvalue weighted by Gasteiger charge is -2.11. The van der Waals surface area contributed by atoms with Gasteiger partial charge in [-0.3, -0.25) is 0 Å². The molecule has 1 aliphatic carbocycles. The van der Waals surface area contributed by atoms with Crippen LogP contribution in [0, 0.1) is 5.92 Å².